The van der Waals surface area contributed by atoms with Gasteiger partial charge in [0, 0.05) is 32.2 Å². The van der Waals surface area contributed by atoms with Gasteiger partial charge in [0.05, 0.1) is 11.6 Å². The van der Waals surface area contributed by atoms with Crippen molar-refractivity contribution in [3.05, 3.63) is 65.2 Å². The number of para-hydroxylation sites is 1. The van der Waals surface area contributed by atoms with Crippen molar-refractivity contribution in [2.75, 3.05) is 20.7 Å². The van der Waals surface area contributed by atoms with Crippen molar-refractivity contribution in [2.24, 2.45) is 0 Å². The van der Waals surface area contributed by atoms with Crippen LogP contribution in [0.5, 0.6) is 5.75 Å². The maximum atomic E-state index is 11.8. The van der Waals surface area contributed by atoms with E-state index in [1.54, 1.807) is 20.2 Å². The number of rotatable bonds is 8. The number of amides is 1. The monoisotopic (exact) mass is 351 g/mol. The van der Waals surface area contributed by atoms with Gasteiger partial charge in [-0.2, -0.15) is 5.26 Å². The SMILES string of the molecule is CCC(NCc1cccc(C#N)c1)c1ccccc1OCC(=O)N(C)C. The third kappa shape index (κ3) is 5.33. The molecular formula is C21H25N3O2. The lowest BCUT2D eigenvalue weighted by Crippen LogP contribution is -2.28. The Morgan fingerprint density at radius 3 is 2.69 bits per heavy atom. The molecule has 0 saturated heterocycles. The molecule has 5 nitrogen and oxygen atoms in total. The van der Waals surface area contributed by atoms with E-state index in [0.29, 0.717) is 17.9 Å². The average Bonchev–Trinajstić information content (AvgIpc) is 2.67. The number of hydrogen-bond acceptors (Lipinski definition) is 4. The summed E-state index contributed by atoms with van der Waals surface area (Å²) in [6.07, 6.45) is 0.875. The van der Waals surface area contributed by atoms with Gasteiger partial charge < -0.3 is 15.0 Å². The topological polar surface area (TPSA) is 65.4 Å². The first-order chi connectivity index (χ1) is 12.5. The van der Waals surface area contributed by atoms with Crippen molar-refractivity contribution in [1.29, 1.82) is 5.26 Å². The molecule has 0 heterocycles. The fourth-order valence-electron chi connectivity index (χ4n) is 2.63. The van der Waals surface area contributed by atoms with E-state index in [1.807, 2.05) is 42.5 Å². The molecule has 0 aliphatic heterocycles. The maximum Gasteiger partial charge on any atom is 0.259 e. The van der Waals surface area contributed by atoms with Crippen LogP contribution in [0.1, 0.15) is 36.1 Å². The third-order valence-corrected chi connectivity index (χ3v) is 4.16. The van der Waals surface area contributed by atoms with Gasteiger partial charge in [-0.25, -0.2) is 0 Å². The standard InChI is InChI=1S/C21H25N3O2/c1-4-19(23-14-17-9-7-8-16(12-17)13-22)18-10-5-6-11-20(18)26-15-21(25)24(2)3/h5-12,19,23H,4,14-15H2,1-3H3. The molecular weight excluding hydrogens is 326 g/mol. The first-order valence-corrected chi connectivity index (χ1v) is 8.69. The number of carbonyl (C=O) groups is 1. The Kier molecular flexibility index (Phi) is 7.19. The molecule has 1 N–H and O–H groups in total. The second-order valence-corrected chi connectivity index (χ2v) is 6.27. The molecule has 136 valence electrons. The Morgan fingerprint density at radius 1 is 1.23 bits per heavy atom. The number of nitriles is 1. The summed E-state index contributed by atoms with van der Waals surface area (Å²) in [5, 5.41) is 12.5. The Labute approximate surface area is 155 Å². The van der Waals surface area contributed by atoms with Crippen LogP contribution >= 0.6 is 0 Å². The van der Waals surface area contributed by atoms with Crippen LogP contribution in [-0.4, -0.2) is 31.5 Å². The normalized spacial score (nSPS) is 11.5. The summed E-state index contributed by atoms with van der Waals surface area (Å²) in [5.74, 6) is 0.641. The van der Waals surface area contributed by atoms with Crippen molar-refractivity contribution >= 4 is 5.91 Å². The number of ether oxygens (including phenoxy) is 1. The molecule has 1 amide bonds. The zero-order valence-corrected chi connectivity index (χ0v) is 15.5. The summed E-state index contributed by atoms with van der Waals surface area (Å²) < 4.78 is 5.76. The largest absolute Gasteiger partial charge is 0.483 e. The highest BCUT2D eigenvalue weighted by atomic mass is 16.5. The highest BCUT2D eigenvalue weighted by molar-refractivity contribution is 5.77. The van der Waals surface area contributed by atoms with E-state index in [-0.39, 0.29) is 18.6 Å². The van der Waals surface area contributed by atoms with Crippen LogP contribution in [0, 0.1) is 11.3 Å². The van der Waals surface area contributed by atoms with Crippen LogP contribution in [0.4, 0.5) is 0 Å². The molecule has 2 aromatic rings. The molecule has 0 aliphatic rings. The van der Waals surface area contributed by atoms with Crippen molar-refractivity contribution in [1.82, 2.24) is 10.2 Å². The first kappa shape index (κ1) is 19.5. The molecule has 0 aliphatic carbocycles. The van der Waals surface area contributed by atoms with Crippen LogP contribution in [0.3, 0.4) is 0 Å². The second-order valence-electron chi connectivity index (χ2n) is 6.27. The third-order valence-electron chi connectivity index (χ3n) is 4.16. The smallest absolute Gasteiger partial charge is 0.259 e. The Bertz CT molecular complexity index is 781. The fourth-order valence-corrected chi connectivity index (χ4v) is 2.63. The van der Waals surface area contributed by atoms with E-state index in [9.17, 15) is 4.79 Å². The van der Waals surface area contributed by atoms with Gasteiger partial charge in [0.25, 0.3) is 5.91 Å². The molecule has 2 rings (SSSR count). The number of nitrogens with zero attached hydrogens (tertiary/aromatic N) is 2. The van der Waals surface area contributed by atoms with E-state index in [1.165, 1.54) is 4.90 Å². The molecule has 0 spiro atoms. The molecule has 2 aromatic carbocycles. The maximum absolute atomic E-state index is 11.8. The summed E-state index contributed by atoms with van der Waals surface area (Å²) in [6, 6.07) is 17.6. The molecule has 26 heavy (non-hydrogen) atoms. The molecule has 0 radical (unpaired) electrons. The Morgan fingerprint density at radius 2 is 2.00 bits per heavy atom. The van der Waals surface area contributed by atoms with Gasteiger partial charge in [0.15, 0.2) is 6.61 Å². The van der Waals surface area contributed by atoms with Gasteiger partial charge in [-0.1, -0.05) is 37.3 Å². The summed E-state index contributed by atoms with van der Waals surface area (Å²) in [5.41, 5.74) is 2.74. The molecule has 1 unspecified atom stereocenters. The quantitative estimate of drug-likeness (QED) is 0.793. The van der Waals surface area contributed by atoms with Crippen LogP contribution in [0.2, 0.25) is 0 Å². The van der Waals surface area contributed by atoms with Gasteiger partial charge in [0.1, 0.15) is 5.75 Å². The second kappa shape index (κ2) is 9.59. The number of carbonyl (C=O) groups excluding carboxylic acids is 1. The van der Waals surface area contributed by atoms with E-state index in [2.05, 4.69) is 18.3 Å². The fraction of sp³-hybridized carbons (Fsp3) is 0.333. The van der Waals surface area contributed by atoms with Gasteiger partial charge >= 0.3 is 0 Å². The van der Waals surface area contributed by atoms with Gasteiger partial charge in [-0.15, -0.1) is 0 Å². The summed E-state index contributed by atoms with van der Waals surface area (Å²) >= 11 is 0. The number of nitrogens with one attached hydrogen (secondary N) is 1. The first-order valence-electron chi connectivity index (χ1n) is 8.69. The van der Waals surface area contributed by atoms with Crippen molar-refractivity contribution in [2.45, 2.75) is 25.9 Å². The minimum atomic E-state index is -0.0749. The minimum Gasteiger partial charge on any atom is -0.483 e. The van der Waals surface area contributed by atoms with Crippen LogP contribution < -0.4 is 10.1 Å². The van der Waals surface area contributed by atoms with Gasteiger partial charge in [-0.05, 0) is 30.2 Å². The molecule has 0 saturated carbocycles. The summed E-state index contributed by atoms with van der Waals surface area (Å²) in [7, 11) is 3.42. The predicted molar refractivity (Wildman–Crippen MR) is 102 cm³/mol. The highest BCUT2D eigenvalue weighted by Gasteiger charge is 2.15. The molecule has 0 aromatic heterocycles. The molecule has 0 fully saturated rings. The molecule has 1 atom stereocenters. The summed E-state index contributed by atoms with van der Waals surface area (Å²) in [6.45, 7) is 2.77. The predicted octanol–water partition coefficient (Wildman–Crippen LogP) is 3.27. The molecule has 0 bridgehead atoms. The number of benzene rings is 2. The lowest BCUT2D eigenvalue weighted by Gasteiger charge is -2.21. The van der Waals surface area contributed by atoms with Crippen molar-refractivity contribution in [3.63, 3.8) is 0 Å². The van der Waals surface area contributed by atoms with Crippen molar-refractivity contribution < 1.29 is 9.53 Å². The van der Waals surface area contributed by atoms with E-state index >= 15 is 0 Å². The highest BCUT2D eigenvalue weighted by Crippen LogP contribution is 2.27. The Balaban J connectivity index is 2.09. The Hall–Kier alpha value is -2.84. The van der Waals surface area contributed by atoms with E-state index in [4.69, 9.17) is 10.00 Å². The summed E-state index contributed by atoms with van der Waals surface area (Å²) in [4.78, 5) is 13.3. The van der Waals surface area contributed by atoms with Crippen molar-refractivity contribution in [3.8, 4) is 11.8 Å². The van der Waals surface area contributed by atoms with E-state index in [0.717, 1.165) is 17.5 Å². The van der Waals surface area contributed by atoms with Crippen LogP contribution in [-0.2, 0) is 11.3 Å². The lowest BCUT2D eigenvalue weighted by molar-refractivity contribution is -0.130. The lowest BCUT2D eigenvalue weighted by atomic mass is 10.0. The number of hydrogen-bond donors (Lipinski definition) is 1. The van der Waals surface area contributed by atoms with E-state index < -0.39 is 0 Å². The zero-order valence-electron chi connectivity index (χ0n) is 15.5. The van der Waals surface area contributed by atoms with Crippen LogP contribution in [0.25, 0.3) is 0 Å². The minimum absolute atomic E-state index is 0.0185. The van der Waals surface area contributed by atoms with Gasteiger partial charge in [-0.3, -0.25) is 4.79 Å². The average molecular weight is 351 g/mol. The molecule has 5 heteroatoms. The van der Waals surface area contributed by atoms with Gasteiger partial charge in [0.2, 0.25) is 0 Å². The zero-order chi connectivity index (χ0) is 18.9. The van der Waals surface area contributed by atoms with Crippen LogP contribution in [0.15, 0.2) is 48.5 Å². The number of likely N-dealkylation sites (N-methyl/N-ethyl adjacent to an activating group) is 1.